The molecule has 0 bridgehead atoms. The molecule has 0 aliphatic carbocycles. The summed E-state index contributed by atoms with van der Waals surface area (Å²) < 4.78 is 41.4. The first-order valence-corrected chi connectivity index (χ1v) is 8.57. The molecule has 0 radical (unpaired) electrons. The summed E-state index contributed by atoms with van der Waals surface area (Å²) in [6.07, 6.45) is 1.58. The Labute approximate surface area is 138 Å². The number of anilines is 1. The maximum absolute atomic E-state index is 13.9. The quantitative estimate of drug-likeness (QED) is 0.772. The highest BCUT2D eigenvalue weighted by Crippen LogP contribution is 2.27. The van der Waals surface area contributed by atoms with Gasteiger partial charge in [-0.1, -0.05) is 29.8 Å². The number of para-hydroxylation sites is 1. The van der Waals surface area contributed by atoms with E-state index < -0.39 is 15.8 Å². The smallest absolute Gasteiger partial charge is 0.264 e. The Balaban J connectivity index is 2.12. The Morgan fingerprint density at radius 3 is 2.70 bits per heavy atom. The van der Waals surface area contributed by atoms with Gasteiger partial charge in [-0.3, -0.25) is 9.71 Å². The second kappa shape index (κ2) is 5.79. The Bertz CT molecular complexity index is 1010. The number of hydrogen-bond acceptors (Lipinski definition) is 3. The van der Waals surface area contributed by atoms with E-state index in [0.717, 1.165) is 5.56 Å². The molecule has 2 aromatic carbocycles. The number of aryl methyl sites for hydroxylation is 1. The van der Waals surface area contributed by atoms with Gasteiger partial charge in [0.25, 0.3) is 10.0 Å². The molecule has 0 aliphatic rings. The summed E-state index contributed by atoms with van der Waals surface area (Å²) >= 11 is 5.68. The van der Waals surface area contributed by atoms with Crippen LogP contribution >= 0.6 is 11.6 Å². The minimum absolute atomic E-state index is 0.0191. The number of halogens is 2. The predicted molar refractivity (Wildman–Crippen MR) is 88.7 cm³/mol. The van der Waals surface area contributed by atoms with E-state index >= 15 is 0 Å². The van der Waals surface area contributed by atoms with Crippen LogP contribution in [0.3, 0.4) is 0 Å². The molecule has 0 atom stereocenters. The normalized spacial score (nSPS) is 11.6. The number of benzene rings is 2. The van der Waals surface area contributed by atoms with Crippen LogP contribution in [-0.2, 0) is 10.0 Å². The standard InChI is InChI=1S/C16H12ClFN2O2S/c1-10-8-11-4-2-7-14(16(11)19-9-10)23(21,22)20-13-6-3-5-12(17)15(13)18/h2-9,20H,1H3. The number of nitrogens with one attached hydrogen (secondary N) is 1. The van der Waals surface area contributed by atoms with Crippen LogP contribution in [0.4, 0.5) is 10.1 Å². The lowest BCUT2D eigenvalue weighted by Crippen LogP contribution is -2.14. The van der Waals surface area contributed by atoms with E-state index in [1.807, 2.05) is 13.0 Å². The van der Waals surface area contributed by atoms with Crippen molar-refractivity contribution in [3.63, 3.8) is 0 Å². The molecular formula is C16H12ClFN2O2S. The molecule has 7 heteroatoms. The van der Waals surface area contributed by atoms with Crippen LogP contribution in [0.2, 0.25) is 5.02 Å². The fourth-order valence-electron chi connectivity index (χ4n) is 2.24. The number of nitrogens with zero attached hydrogens (tertiary/aromatic N) is 1. The van der Waals surface area contributed by atoms with Crippen molar-refractivity contribution in [1.82, 2.24) is 4.98 Å². The number of aromatic nitrogens is 1. The van der Waals surface area contributed by atoms with E-state index in [4.69, 9.17) is 11.6 Å². The first-order chi connectivity index (χ1) is 10.9. The first-order valence-electron chi connectivity index (χ1n) is 6.71. The van der Waals surface area contributed by atoms with Crippen LogP contribution in [0.15, 0.2) is 53.6 Å². The van der Waals surface area contributed by atoms with Crippen LogP contribution < -0.4 is 4.72 Å². The molecule has 0 saturated heterocycles. The zero-order chi connectivity index (χ0) is 16.6. The highest BCUT2D eigenvalue weighted by atomic mass is 35.5. The van der Waals surface area contributed by atoms with Crippen molar-refractivity contribution in [1.29, 1.82) is 0 Å². The van der Waals surface area contributed by atoms with Gasteiger partial charge in [0.2, 0.25) is 0 Å². The van der Waals surface area contributed by atoms with Crippen LogP contribution in [0.25, 0.3) is 10.9 Å². The van der Waals surface area contributed by atoms with Gasteiger partial charge >= 0.3 is 0 Å². The molecule has 1 aromatic heterocycles. The van der Waals surface area contributed by atoms with E-state index in [0.29, 0.717) is 10.9 Å². The molecule has 3 aromatic rings. The van der Waals surface area contributed by atoms with Crippen LogP contribution in [0, 0.1) is 12.7 Å². The van der Waals surface area contributed by atoms with Crippen molar-refractivity contribution in [3.8, 4) is 0 Å². The topological polar surface area (TPSA) is 59.1 Å². The third-order valence-corrected chi connectivity index (χ3v) is 4.99. The van der Waals surface area contributed by atoms with Crippen molar-refractivity contribution in [3.05, 3.63) is 65.1 Å². The van der Waals surface area contributed by atoms with Gasteiger partial charge < -0.3 is 0 Å². The van der Waals surface area contributed by atoms with Crippen LogP contribution in [0.5, 0.6) is 0 Å². The minimum Gasteiger partial charge on any atom is -0.277 e. The molecule has 0 saturated carbocycles. The Morgan fingerprint density at radius 2 is 1.91 bits per heavy atom. The molecule has 0 spiro atoms. The van der Waals surface area contributed by atoms with Gasteiger partial charge in [0.05, 0.1) is 16.2 Å². The fraction of sp³-hybridized carbons (Fsp3) is 0.0625. The lowest BCUT2D eigenvalue weighted by Gasteiger charge is -2.11. The van der Waals surface area contributed by atoms with E-state index in [2.05, 4.69) is 9.71 Å². The Morgan fingerprint density at radius 1 is 1.17 bits per heavy atom. The molecule has 1 N–H and O–H groups in total. The van der Waals surface area contributed by atoms with Gasteiger partial charge in [0.1, 0.15) is 4.90 Å². The summed E-state index contributed by atoms with van der Waals surface area (Å²) in [5, 5.41) is 0.538. The van der Waals surface area contributed by atoms with Gasteiger partial charge in [-0.25, -0.2) is 12.8 Å². The number of fused-ring (bicyclic) bond motifs is 1. The molecule has 0 fully saturated rings. The van der Waals surface area contributed by atoms with E-state index in [9.17, 15) is 12.8 Å². The maximum Gasteiger partial charge on any atom is 0.264 e. The number of hydrogen-bond donors (Lipinski definition) is 1. The van der Waals surface area contributed by atoms with E-state index in [1.165, 1.54) is 24.3 Å². The van der Waals surface area contributed by atoms with Crippen LogP contribution in [0.1, 0.15) is 5.56 Å². The average molecular weight is 351 g/mol. The summed E-state index contributed by atoms with van der Waals surface area (Å²) in [5.74, 6) is -0.818. The van der Waals surface area contributed by atoms with Crippen molar-refractivity contribution in [2.45, 2.75) is 11.8 Å². The van der Waals surface area contributed by atoms with Crippen molar-refractivity contribution < 1.29 is 12.8 Å². The molecule has 0 aliphatic heterocycles. The Kier molecular flexibility index (Phi) is 3.95. The molecule has 0 unspecified atom stereocenters. The third kappa shape index (κ3) is 3.00. The summed E-state index contributed by atoms with van der Waals surface area (Å²) in [6, 6.07) is 10.8. The SMILES string of the molecule is Cc1cnc2c(S(=O)(=O)Nc3cccc(Cl)c3F)cccc2c1. The predicted octanol–water partition coefficient (Wildman–Crippen LogP) is 4.14. The first kappa shape index (κ1) is 15.7. The summed E-state index contributed by atoms with van der Waals surface area (Å²) in [7, 11) is -4.00. The van der Waals surface area contributed by atoms with Crippen molar-refractivity contribution >= 4 is 38.2 Å². The number of rotatable bonds is 3. The molecule has 118 valence electrons. The summed E-state index contributed by atoms with van der Waals surface area (Å²) in [5.41, 5.74) is 1.04. The largest absolute Gasteiger partial charge is 0.277 e. The van der Waals surface area contributed by atoms with Crippen molar-refractivity contribution in [2.75, 3.05) is 4.72 Å². The van der Waals surface area contributed by atoms with Gasteiger partial charge in [-0.05, 0) is 36.8 Å². The fourth-order valence-corrected chi connectivity index (χ4v) is 3.66. The lowest BCUT2D eigenvalue weighted by atomic mass is 10.2. The molecule has 4 nitrogen and oxygen atoms in total. The van der Waals surface area contributed by atoms with Gasteiger partial charge in [-0.15, -0.1) is 0 Å². The maximum atomic E-state index is 13.9. The minimum atomic E-state index is -4.00. The van der Waals surface area contributed by atoms with E-state index in [1.54, 1.807) is 18.3 Å². The molecule has 23 heavy (non-hydrogen) atoms. The zero-order valence-electron chi connectivity index (χ0n) is 12.0. The van der Waals surface area contributed by atoms with E-state index in [-0.39, 0.29) is 15.6 Å². The molecule has 1 heterocycles. The highest BCUT2D eigenvalue weighted by molar-refractivity contribution is 7.93. The number of sulfonamides is 1. The van der Waals surface area contributed by atoms with Crippen LogP contribution in [-0.4, -0.2) is 13.4 Å². The lowest BCUT2D eigenvalue weighted by molar-refractivity contribution is 0.599. The second-order valence-corrected chi connectivity index (χ2v) is 7.11. The third-order valence-electron chi connectivity index (χ3n) is 3.30. The molecule has 3 rings (SSSR count). The van der Waals surface area contributed by atoms with Crippen molar-refractivity contribution in [2.24, 2.45) is 0 Å². The average Bonchev–Trinajstić information content (AvgIpc) is 2.51. The number of pyridine rings is 1. The van der Waals surface area contributed by atoms with Gasteiger partial charge in [0, 0.05) is 11.6 Å². The molecular weight excluding hydrogens is 339 g/mol. The molecule has 0 amide bonds. The summed E-state index contributed by atoms with van der Waals surface area (Å²) in [6.45, 7) is 1.87. The highest BCUT2D eigenvalue weighted by Gasteiger charge is 2.20. The van der Waals surface area contributed by atoms with Gasteiger partial charge in [0.15, 0.2) is 5.82 Å². The monoisotopic (exact) mass is 350 g/mol. The summed E-state index contributed by atoms with van der Waals surface area (Å²) in [4.78, 5) is 4.17. The van der Waals surface area contributed by atoms with Gasteiger partial charge in [-0.2, -0.15) is 0 Å². The second-order valence-electron chi connectivity index (χ2n) is 5.05. The Hall–Kier alpha value is -2.18. The zero-order valence-corrected chi connectivity index (χ0v) is 13.6.